The number of nitrogens with one attached hydrogen (secondary N) is 1. The van der Waals surface area contributed by atoms with Gasteiger partial charge in [0, 0.05) is 34.1 Å². The third kappa shape index (κ3) is 5.89. The van der Waals surface area contributed by atoms with Crippen LogP contribution in [0, 0.1) is 11.6 Å². The van der Waals surface area contributed by atoms with Crippen LogP contribution in [-0.4, -0.2) is 23.8 Å². The van der Waals surface area contributed by atoms with Crippen molar-refractivity contribution in [2.75, 3.05) is 6.54 Å². The molecule has 3 nitrogen and oxygen atoms in total. The van der Waals surface area contributed by atoms with Gasteiger partial charge in [-0.25, -0.2) is 8.78 Å². The van der Waals surface area contributed by atoms with Crippen LogP contribution in [0.4, 0.5) is 8.78 Å². The maximum atomic E-state index is 13.2. The Hall–Kier alpha value is -0.860. The van der Waals surface area contributed by atoms with Crippen LogP contribution < -0.4 is 11.1 Å². The van der Waals surface area contributed by atoms with Gasteiger partial charge in [-0.15, -0.1) is 0 Å². The van der Waals surface area contributed by atoms with Crippen LogP contribution in [0.2, 0.25) is 0 Å². The first-order chi connectivity index (χ1) is 11.3. The van der Waals surface area contributed by atoms with E-state index < -0.39 is 23.8 Å². The van der Waals surface area contributed by atoms with Gasteiger partial charge in [-0.3, -0.25) is 0 Å². The van der Waals surface area contributed by atoms with Crippen LogP contribution in [0.15, 0.2) is 45.3 Å². The number of aliphatic hydroxyl groups is 1. The third-order valence-electron chi connectivity index (χ3n) is 3.55. The highest BCUT2D eigenvalue weighted by molar-refractivity contribution is 9.13. The molecule has 4 N–H and O–H groups in total. The van der Waals surface area contributed by atoms with Crippen LogP contribution in [0.5, 0.6) is 0 Å². The molecule has 2 rings (SSSR count). The zero-order valence-corrected chi connectivity index (χ0v) is 15.9. The van der Waals surface area contributed by atoms with Crippen molar-refractivity contribution < 1.29 is 13.9 Å². The average Bonchev–Trinajstić information content (AvgIpc) is 2.49. The van der Waals surface area contributed by atoms with Gasteiger partial charge in [0.2, 0.25) is 0 Å². The van der Waals surface area contributed by atoms with E-state index in [2.05, 4.69) is 37.2 Å². The van der Waals surface area contributed by atoms with E-state index in [9.17, 15) is 13.9 Å². The fraction of sp³-hybridized carbons (Fsp3) is 0.294. The quantitative estimate of drug-likeness (QED) is 0.588. The summed E-state index contributed by atoms with van der Waals surface area (Å²) < 4.78 is 28.3. The first kappa shape index (κ1) is 19.5. The summed E-state index contributed by atoms with van der Waals surface area (Å²) in [6.45, 7) is 0.858. The van der Waals surface area contributed by atoms with Crippen LogP contribution >= 0.6 is 31.9 Å². The summed E-state index contributed by atoms with van der Waals surface area (Å²) in [7, 11) is 0. The van der Waals surface area contributed by atoms with Gasteiger partial charge in [0.1, 0.15) is 11.6 Å². The molecule has 0 radical (unpaired) electrons. The Morgan fingerprint density at radius 1 is 1.00 bits per heavy atom. The van der Waals surface area contributed by atoms with Crippen molar-refractivity contribution >= 4 is 31.9 Å². The molecule has 0 aromatic heterocycles. The lowest BCUT2D eigenvalue weighted by molar-refractivity contribution is 0.141. The molecule has 0 saturated carbocycles. The minimum Gasteiger partial charge on any atom is -0.390 e. The summed E-state index contributed by atoms with van der Waals surface area (Å²) in [5.74, 6) is -1.30. The molecule has 2 aromatic carbocycles. The topological polar surface area (TPSA) is 58.3 Å². The highest BCUT2D eigenvalue weighted by Crippen LogP contribution is 2.23. The molecule has 0 saturated heterocycles. The Bertz CT molecular complexity index is 680. The molecule has 0 aliphatic heterocycles. The summed E-state index contributed by atoms with van der Waals surface area (Å²) in [5.41, 5.74) is 7.40. The Kier molecular flexibility index (Phi) is 7.31. The average molecular weight is 464 g/mol. The lowest BCUT2D eigenvalue weighted by Gasteiger charge is -2.19. The second kappa shape index (κ2) is 9.01. The smallest absolute Gasteiger partial charge is 0.126 e. The molecule has 1 unspecified atom stereocenters. The number of hydrogen-bond donors (Lipinski definition) is 3. The number of aliphatic hydroxyl groups excluding tert-OH is 1. The highest BCUT2D eigenvalue weighted by Gasteiger charge is 2.16. The molecule has 0 amide bonds. The van der Waals surface area contributed by atoms with Gasteiger partial charge in [-0.05, 0) is 73.7 Å². The second-order valence-corrected chi connectivity index (χ2v) is 7.30. The van der Waals surface area contributed by atoms with Crippen LogP contribution in [0.25, 0.3) is 0 Å². The van der Waals surface area contributed by atoms with E-state index >= 15 is 0 Å². The number of halogens is 4. The van der Waals surface area contributed by atoms with Gasteiger partial charge in [-0.2, -0.15) is 0 Å². The zero-order chi connectivity index (χ0) is 17.7. The van der Waals surface area contributed by atoms with Crippen molar-refractivity contribution in [3.8, 4) is 0 Å². The lowest BCUT2D eigenvalue weighted by atomic mass is 10.0. The fourth-order valence-electron chi connectivity index (χ4n) is 2.30. The van der Waals surface area contributed by atoms with Gasteiger partial charge < -0.3 is 16.2 Å². The predicted octanol–water partition coefficient (Wildman–Crippen LogP) is 3.51. The zero-order valence-electron chi connectivity index (χ0n) is 12.8. The summed E-state index contributed by atoms with van der Waals surface area (Å²) in [6, 6.07) is 8.51. The Labute approximate surface area is 156 Å². The van der Waals surface area contributed by atoms with Gasteiger partial charge in [0.15, 0.2) is 0 Å². The molecular weight excluding hydrogens is 446 g/mol. The molecule has 0 aliphatic rings. The summed E-state index contributed by atoms with van der Waals surface area (Å²) in [6.07, 6.45) is -0.628. The predicted molar refractivity (Wildman–Crippen MR) is 97.6 cm³/mol. The largest absolute Gasteiger partial charge is 0.390 e. The molecule has 24 heavy (non-hydrogen) atoms. The molecule has 7 heteroatoms. The summed E-state index contributed by atoms with van der Waals surface area (Å²) >= 11 is 6.84. The van der Waals surface area contributed by atoms with Crippen molar-refractivity contribution in [2.24, 2.45) is 5.73 Å². The Morgan fingerprint density at radius 3 is 2.29 bits per heavy atom. The van der Waals surface area contributed by atoms with Crippen molar-refractivity contribution in [2.45, 2.75) is 25.1 Å². The highest BCUT2D eigenvalue weighted by atomic mass is 79.9. The number of benzene rings is 2. The third-order valence-corrected chi connectivity index (χ3v) is 5.43. The van der Waals surface area contributed by atoms with Crippen LogP contribution in [-0.2, 0) is 13.0 Å². The minimum atomic E-state index is -0.824. The number of hydrogen-bond acceptors (Lipinski definition) is 3. The van der Waals surface area contributed by atoms with E-state index in [0.717, 1.165) is 20.6 Å². The van der Waals surface area contributed by atoms with E-state index in [0.29, 0.717) is 12.1 Å². The maximum absolute atomic E-state index is 13.2. The molecule has 2 atom stereocenters. The minimum absolute atomic E-state index is 0.196. The standard InChI is InChI=1S/C17H18Br2F2N2O/c18-14-2-1-10(5-15(14)19)8-23-9-17(24)16(22)6-11-3-12(20)7-13(21)4-11/h1-5,7,16-17,23-24H,6,8-9,22H2/t16?,17-/m1/s1. The molecule has 0 aliphatic carbocycles. The summed E-state index contributed by atoms with van der Waals surface area (Å²) in [4.78, 5) is 0. The first-order valence-corrected chi connectivity index (χ1v) is 8.97. The van der Waals surface area contributed by atoms with E-state index in [1.54, 1.807) is 0 Å². The Morgan fingerprint density at radius 2 is 1.67 bits per heavy atom. The molecule has 0 bridgehead atoms. The SMILES string of the molecule is NC(Cc1cc(F)cc(F)c1)[C@H](O)CNCc1ccc(Br)c(Br)c1. The van der Waals surface area contributed by atoms with Gasteiger partial charge >= 0.3 is 0 Å². The Balaban J connectivity index is 1.82. The van der Waals surface area contributed by atoms with Gasteiger partial charge in [-0.1, -0.05) is 6.07 Å². The molecular formula is C17H18Br2F2N2O. The first-order valence-electron chi connectivity index (χ1n) is 7.38. The molecule has 130 valence electrons. The van der Waals surface area contributed by atoms with Crippen molar-refractivity contribution in [3.63, 3.8) is 0 Å². The number of rotatable bonds is 7. The van der Waals surface area contributed by atoms with Crippen LogP contribution in [0.1, 0.15) is 11.1 Å². The van der Waals surface area contributed by atoms with Crippen molar-refractivity contribution in [1.29, 1.82) is 0 Å². The second-order valence-electron chi connectivity index (χ2n) is 5.59. The maximum Gasteiger partial charge on any atom is 0.126 e. The van der Waals surface area contributed by atoms with Crippen molar-refractivity contribution in [1.82, 2.24) is 5.32 Å². The van der Waals surface area contributed by atoms with Gasteiger partial charge in [0.25, 0.3) is 0 Å². The van der Waals surface area contributed by atoms with Crippen LogP contribution in [0.3, 0.4) is 0 Å². The van der Waals surface area contributed by atoms with E-state index in [1.807, 2.05) is 18.2 Å². The monoisotopic (exact) mass is 462 g/mol. The molecule has 2 aromatic rings. The van der Waals surface area contributed by atoms with E-state index in [-0.39, 0.29) is 13.0 Å². The summed E-state index contributed by atoms with van der Waals surface area (Å²) in [5, 5.41) is 13.2. The molecule has 0 spiro atoms. The van der Waals surface area contributed by atoms with Crippen molar-refractivity contribution in [3.05, 3.63) is 68.1 Å². The molecule has 0 fully saturated rings. The lowest BCUT2D eigenvalue weighted by Crippen LogP contribution is -2.43. The normalized spacial score (nSPS) is 13.8. The fourth-order valence-corrected chi connectivity index (χ4v) is 2.98. The molecule has 0 heterocycles. The van der Waals surface area contributed by atoms with E-state index in [1.165, 1.54) is 12.1 Å². The number of nitrogens with two attached hydrogens (primary N) is 1. The van der Waals surface area contributed by atoms with E-state index in [4.69, 9.17) is 5.73 Å². The van der Waals surface area contributed by atoms with Gasteiger partial charge in [0.05, 0.1) is 6.10 Å².